The van der Waals surface area contributed by atoms with Gasteiger partial charge in [0.05, 0.1) is 17.0 Å². The molecule has 30 heavy (non-hydrogen) atoms. The number of piperidine rings is 1. The quantitative estimate of drug-likeness (QED) is 0.697. The molecule has 2 aromatic carbocycles. The van der Waals surface area contributed by atoms with Crippen LogP contribution in [0.3, 0.4) is 0 Å². The van der Waals surface area contributed by atoms with E-state index in [-0.39, 0.29) is 23.3 Å². The van der Waals surface area contributed by atoms with Crippen LogP contribution in [-0.4, -0.2) is 39.7 Å². The summed E-state index contributed by atoms with van der Waals surface area (Å²) in [7, 11) is 1.91. The number of benzene rings is 2. The lowest BCUT2D eigenvalue weighted by Gasteiger charge is -2.32. The van der Waals surface area contributed by atoms with Gasteiger partial charge in [0.15, 0.2) is 0 Å². The molecule has 2 heterocycles. The van der Waals surface area contributed by atoms with Crippen molar-refractivity contribution in [3.05, 3.63) is 77.5 Å². The molecule has 1 N–H and O–H groups in total. The van der Waals surface area contributed by atoms with Gasteiger partial charge in [-0.3, -0.25) is 14.4 Å². The zero-order valence-corrected chi connectivity index (χ0v) is 16.8. The summed E-state index contributed by atoms with van der Waals surface area (Å²) < 4.78 is 28.8. The minimum atomic E-state index is -0.499. The number of aromatic nitrogens is 2. The molecule has 0 aliphatic carbocycles. The summed E-state index contributed by atoms with van der Waals surface area (Å²) in [6.45, 7) is 2.41. The molecule has 4 rings (SSSR count). The van der Waals surface area contributed by atoms with E-state index in [1.807, 2.05) is 17.8 Å². The molecule has 0 bridgehead atoms. The first-order valence-corrected chi connectivity index (χ1v) is 10.1. The lowest BCUT2D eigenvalue weighted by atomic mass is 10.0. The van der Waals surface area contributed by atoms with E-state index in [4.69, 9.17) is 0 Å². The summed E-state index contributed by atoms with van der Waals surface area (Å²) in [5.41, 5.74) is 2.86. The van der Waals surface area contributed by atoms with E-state index in [2.05, 4.69) is 15.3 Å². The van der Waals surface area contributed by atoms with E-state index >= 15 is 0 Å². The lowest BCUT2D eigenvalue weighted by molar-refractivity contribution is 0.0904. The standard InChI is InChI=1S/C23H24F2N4O/c1-28-19(14-22(27-28)16-6-8-17(24)9-7-16)15-29-12-10-18(11-13-29)26-23(30)20-4-2-3-5-21(20)25/h2-9,14,18H,10-13,15H2,1H3,(H,26,30). The fourth-order valence-electron chi connectivity index (χ4n) is 3.79. The Morgan fingerprint density at radius 1 is 1.10 bits per heavy atom. The van der Waals surface area contributed by atoms with Gasteiger partial charge in [-0.2, -0.15) is 5.10 Å². The monoisotopic (exact) mass is 410 g/mol. The molecular weight excluding hydrogens is 386 g/mol. The van der Waals surface area contributed by atoms with Gasteiger partial charge in [-0.1, -0.05) is 12.1 Å². The largest absolute Gasteiger partial charge is 0.349 e. The Balaban J connectivity index is 1.32. The highest BCUT2D eigenvalue weighted by Crippen LogP contribution is 2.21. The molecule has 156 valence electrons. The molecule has 1 aliphatic heterocycles. The van der Waals surface area contributed by atoms with Gasteiger partial charge in [-0.05, 0) is 55.3 Å². The van der Waals surface area contributed by atoms with Crippen LogP contribution in [0, 0.1) is 11.6 Å². The summed E-state index contributed by atoms with van der Waals surface area (Å²) in [5, 5.41) is 7.50. The van der Waals surface area contributed by atoms with Crippen LogP contribution in [0.1, 0.15) is 28.9 Å². The number of hydrogen-bond acceptors (Lipinski definition) is 3. The Labute approximate surface area is 174 Å². The number of aryl methyl sites for hydroxylation is 1. The number of rotatable bonds is 5. The lowest BCUT2D eigenvalue weighted by Crippen LogP contribution is -2.44. The van der Waals surface area contributed by atoms with Gasteiger partial charge in [0.1, 0.15) is 11.6 Å². The van der Waals surface area contributed by atoms with E-state index in [1.54, 1.807) is 24.3 Å². The first-order valence-electron chi connectivity index (χ1n) is 10.1. The highest BCUT2D eigenvalue weighted by atomic mass is 19.1. The maximum Gasteiger partial charge on any atom is 0.254 e. The molecule has 1 amide bonds. The molecule has 1 saturated heterocycles. The van der Waals surface area contributed by atoms with Crippen LogP contribution in [0.5, 0.6) is 0 Å². The molecular formula is C23H24F2N4O. The average Bonchev–Trinajstić information content (AvgIpc) is 3.10. The molecule has 0 spiro atoms. The smallest absolute Gasteiger partial charge is 0.254 e. The molecule has 1 aromatic heterocycles. The number of amides is 1. The number of nitrogens with zero attached hydrogens (tertiary/aromatic N) is 3. The maximum atomic E-state index is 13.8. The van der Waals surface area contributed by atoms with Crippen molar-refractivity contribution < 1.29 is 13.6 Å². The highest BCUT2D eigenvalue weighted by Gasteiger charge is 2.23. The van der Waals surface area contributed by atoms with E-state index in [0.29, 0.717) is 0 Å². The van der Waals surface area contributed by atoms with Crippen LogP contribution >= 0.6 is 0 Å². The number of likely N-dealkylation sites (tertiary alicyclic amines) is 1. The summed E-state index contributed by atoms with van der Waals surface area (Å²) >= 11 is 0. The van der Waals surface area contributed by atoms with Crippen molar-refractivity contribution in [1.82, 2.24) is 20.0 Å². The SMILES string of the molecule is Cn1nc(-c2ccc(F)cc2)cc1CN1CCC(NC(=O)c2ccccc2F)CC1. The average molecular weight is 410 g/mol. The molecule has 0 radical (unpaired) electrons. The van der Waals surface area contributed by atoms with Crippen LogP contribution in [0.4, 0.5) is 8.78 Å². The highest BCUT2D eigenvalue weighted by molar-refractivity contribution is 5.94. The van der Waals surface area contributed by atoms with Crippen LogP contribution in [-0.2, 0) is 13.6 Å². The predicted molar refractivity (Wildman–Crippen MR) is 111 cm³/mol. The summed E-state index contributed by atoms with van der Waals surface area (Å²) in [4.78, 5) is 14.6. The van der Waals surface area contributed by atoms with Crippen LogP contribution in [0.2, 0.25) is 0 Å². The number of halogens is 2. The maximum absolute atomic E-state index is 13.8. The van der Waals surface area contributed by atoms with Gasteiger partial charge in [0.2, 0.25) is 0 Å². The minimum absolute atomic E-state index is 0.0367. The Morgan fingerprint density at radius 2 is 1.80 bits per heavy atom. The van der Waals surface area contributed by atoms with Gasteiger partial charge in [0, 0.05) is 38.3 Å². The van der Waals surface area contributed by atoms with E-state index in [1.165, 1.54) is 24.3 Å². The summed E-state index contributed by atoms with van der Waals surface area (Å²) in [5.74, 6) is -1.12. The third-order valence-electron chi connectivity index (χ3n) is 5.54. The zero-order chi connectivity index (χ0) is 21.1. The second-order valence-corrected chi connectivity index (χ2v) is 7.66. The van der Waals surface area contributed by atoms with Gasteiger partial charge < -0.3 is 5.32 Å². The van der Waals surface area contributed by atoms with E-state index < -0.39 is 5.82 Å². The number of hydrogen-bond donors (Lipinski definition) is 1. The number of carbonyl (C=O) groups excluding carboxylic acids is 1. The molecule has 0 atom stereocenters. The van der Waals surface area contributed by atoms with Crippen molar-refractivity contribution in [3.63, 3.8) is 0 Å². The Hall–Kier alpha value is -3.06. The zero-order valence-electron chi connectivity index (χ0n) is 16.8. The van der Waals surface area contributed by atoms with E-state index in [9.17, 15) is 13.6 Å². The van der Waals surface area contributed by atoms with Gasteiger partial charge in [0.25, 0.3) is 5.91 Å². The third-order valence-corrected chi connectivity index (χ3v) is 5.54. The Kier molecular flexibility index (Phi) is 5.90. The predicted octanol–water partition coefficient (Wildman–Crippen LogP) is 3.76. The number of nitrogens with one attached hydrogen (secondary N) is 1. The fourth-order valence-corrected chi connectivity index (χ4v) is 3.79. The van der Waals surface area contributed by atoms with Crippen molar-refractivity contribution in [2.45, 2.75) is 25.4 Å². The molecule has 5 nitrogen and oxygen atoms in total. The van der Waals surface area contributed by atoms with Crippen molar-refractivity contribution in [3.8, 4) is 11.3 Å². The molecule has 1 fully saturated rings. The van der Waals surface area contributed by atoms with Crippen molar-refractivity contribution >= 4 is 5.91 Å². The van der Waals surface area contributed by atoms with Crippen LogP contribution in [0.15, 0.2) is 54.6 Å². The molecule has 3 aromatic rings. The molecule has 0 saturated carbocycles. The second-order valence-electron chi connectivity index (χ2n) is 7.66. The topological polar surface area (TPSA) is 50.2 Å². The summed E-state index contributed by atoms with van der Waals surface area (Å²) in [6.07, 6.45) is 1.62. The molecule has 0 unspecified atom stereocenters. The third kappa shape index (κ3) is 4.57. The Morgan fingerprint density at radius 3 is 2.50 bits per heavy atom. The minimum Gasteiger partial charge on any atom is -0.349 e. The normalized spacial score (nSPS) is 15.3. The fraction of sp³-hybridized carbons (Fsp3) is 0.304. The van der Waals surface area contributed by atoms with Gasteiger partial charge in [-0.15, -0.1) is 0 Å². The first kappa shape index (κ1) is 20.2. The van der Waals surface area contributed by atoms with E-state index in [0.717, 1.165) is 49.4 Å². The molecule has 1 aliphatic rings. The van der Waals surface area contributed by atoms with Gasteiger partial charge >= 0.3 is 0 Å². The van der Waals surface area contributed by atoms with Crippen LogP contribution in [0.25, 0.3) is 11.3 Å². The van der Waals surface area contributed by atoms with Crippen molar-refractivity contribution in [1.29, 1.82) is 0 Å². The number of carbonyl (C=O) groups is 1. The van der Waals surface area contributed by atoms with Crippen LogP contribution < -0.4 is 5.32 Å². The van der Waals surface area contributed by atoms with Crippen molar-refractivity contribution in [2.75, 3.05) is 13.1 Å². The second kappa shape index (κ2) is 8.75. The summed E-state index contributed by atoms with van der Waals surface area (Å²) in [6, 6.07) is 14.4. The van der Waals surface area contributed by atoms with Crippen molar-refractivity contribution in [2.24, 2.45) is 7.05 Å². The first-order chi connectivity index (χ1) is 14.5. The van der Waals surface area contributed by atoms with Gasteiger partial charge in [-0.25, -0.2) is 8.78 Å². The Bertz CT molecular complexity index is 1020. The molecule has 7 heteroatoms.